The number of fused-ring (bicyclic) bond motifs is 2. The van der Waals surface area contributed by atoms with Gasteiger partial charge in [-0.1, -0.05) is 80.9 Å². The predicted octanol–water partition coefficient (Wildman–Crippen LogP) is 4.94. The topological polar surface area (TPSA) is 106 Å². The van der Waals surface area contributed by atoms with Crippen LogP contribution in [0.3, 0.4) is 0 Å². The zero-order valence-corrected chi connectivity index (χ0v) is 22.5. The lowest BCUT2D eigenvalue weighted by Crippen LogP contribution is -2.49. The zero-order valence-electron chi connectivity index (χ0n) is 22.5. The normalized spacial score (nSPS) is 13.6. The largest absolute Gasteiger partial charge is 0.459 e. The number of H-pyrrole nitrogens is 1. The van der Waals surface area contributed by atoms with E-state index in [1.54, 1.807) is 18.2 Å². The van der Waals surface area contributed by atoms with Crippen molar-refractivity contribution in [2.45, 2.75) is 45.4 Å². The van der Waals surface area contributed by atoms with Crippen molar-refractivity contribution in [2.75, 3.05) is 0 Å². The molecule has 0 radical (unpaired) electrons. The number of nitrogens with one attached hydrogen (secondary N) is 2. The summed E-state index contributed by atoms with van der Waals surface area (Å²) >= 11 is 0. The number of hydrogen-bond donors (Lipinski definition) is 2. The van der Waals surface area contributed by atoms with E-state index in [4.69, 9.17) is 4.74 Å². The highest BCUT2D eigenvalue weighted by atomic mass is 16.5. The number of esters is 1. The van der Waals surface area contributed by atoms with E-state index in [2.05, 4.69) is 15.3 Å². The first kappa shape index (κ1) is 26.9. The lowest BCUT2D eigenvalue weighted by Gasteiger charge is -2.26. The smallest absolute Gasteiger partial charge is 0.329 e. The Morgan fingerprint density at radius 2 is 1.68 bits per heavy atom. The number of carbonyl (C=O) groups is 2. The number of aromatic amines is 1. The van der Waals surface area contributed by atoms with Crippen molar-refractivity contribution < 1.29 is 14.3 Å². The number of rotatable bonds is 10. The third kappa shape index (κ3) is 5.66. The summed E-state index contributed by atoms with van der Waals surface area (Å²) in [7, 11) is 0. The monoisotopic (exact) mass is 536 g/mol. The molecule has 2 aromatic heterocycles. The molecule has 0 fully saturated rings. The summed E-state index contributed by atoms with van der Waals surface area (Å²) in [6.07, 6.45) is 4.14. The number of carbonyl (C=O) groups excluding carboxylic acids is 2. The van der Waals surface area contributed by atoms with Crippen LogP contribution in [0.25, 0.3) is 21.8 Å². The second-order valence-electron chi connectivity index (χ2n) is 10.0. The fraction of sp³-hybridized carbons (Fsp3) is 0.250. The molecule has 1 amide bonds. The summed E-state index contributed by atoms with van der Waals surface area (Å²) in [6, 6.07) is 22.4. The van der Waals surface area contributed by atoms with E-state index >= 15 is 0 Å². The van der Waals surface area contributed by atoms with E-state index < -0.39 is 24.0 Å². The minimum Gasteiger partial charge on any atom is -0.459 e. The molecule has 204 valence electrons. The van der Waals surface area contributed by atoms with Gasteiger partial charge in [-0.25, -0.2) is 9.78 Å². The lowest BCUT2D eigenvalue weighted by molar-refractivity contribution is -0.151. The van der Waals surface area contributed by atoms with Gasteiger partial charge in [-0.05, 0) is 35.2 Å². The number of para-hydroxylation sites is 2. The highest BCUT2D eigenvalue weighted by Crippen LogP contribution is 2.24. The third-order valence-corrected chi connectivity index (χ3v) is 7.41. The van der Waals surface area contributed by atoms with Crippen LogP contribution in [-0.4, -0.2) is 32.5 Å². The minimum absolute atomic E-state index is 0.106. The first-order chi connectivity index (χ1) is 19.5. The Bertz CT molecular complexity index is 1690. The molecule has 0 saturated heterocycles. The van der Waals surface area contributed by atoms with Gasteiger partial charge in [-0.15, -0.1) is 0 Å². The molecule has 0 aliphatic heterocycles. The lowest BCUT2D eigenvalue weighted by atomic mass is 9.97. The van der Waals surface area contributed by atoms with Crippen molar-refractivity contribution in [3.63, 3.8) is 0 Å². The molecule has 2 heterocycles. The van der Waals surface area contributed by atoms with Crippen molar-refractivity contribution in [1.82, 2.24) is 19.9 Å². The zero-order chi connectivity index (χ0) is 28.1. The molecule has 8 heteroatoms. The van der Waals surface area contributed by atoms with Gasteiger partial charge >= 0.3 is 5.97 Å². The number of aromatic nitrogens is 3. The number of ether oxygens (including phenoxy) is 1. The van der Waals surface area contributed by atoms with Gasteiger partial charge in [-0.2, -0.15) is 0 Å². The Kier molecular flexibility index (Phi) is 8.05. The van der Waals surface area contributed by atoms with E-state index in [1.165, 1.54) is 10.9 Å². The van der Waals surface area contributed by atoms with Gasteiger partial charge in [0, 0.05) is 23.5 Å². The average molecular weight is 537 g/mol. The number of amides is 1. The van der Waals surface area contributed by atoms with Crippen LogP contribution in [0.15, 0.2) is 96.2 Å². The van der Waals surface area contributed by atoms with Crippen LogP contribution in [0.2, 0.25) is 0 Å². The van der Waals surface area contributed by atoms with Crippen LogP contribution >= 0.6 is 0 Å². The van der Waals surface area contributed by atoms with Gasteiger partial charge in [0.05, 0.1) is 17.2 Å². The van der Waals surface area contributed by atoms with Crippen molar-refractivity contribution in [2.24, 2.45) is 5.92 Å². The molecule has 0 aliphatic carbocycles. The summed E-state index contributed by atoms with van der Waals surface area (Å²) in [6.45, 7) is 3.96. The Labute approximate surface area is 232 Å². The maximum atomic E-state index is 14.0. The van der Waals surface area contributed by atoms with Gasteiger partial charge in [0.25, 0.3) is 5.56 Å². The summed E-state index contributed by atoms with van der Waals surface area (Å²) < 4.78 is 6.97. The maximum absolute atomic E-state index is 14.0. The number of nitrogens with zero attached hydrogens (tertiary/aromatic N) is 2. The van der Waals surface area contributed by atoms with Crippen LogP contribution in [0, 0.1) is 5.92 Å². The Morgan fingerprint density at radius 1 is 0.975 bits per heavy atom. The Hall–Kier alpha value is -4.72. The molecular formula is C32H32N4O4. The van der Waals surface area contributed by atoms with Gasteiger partial charge in [0.1, 0.15) is 18.7 Å². The SMILES string of the molecule is CC[C@H](C)[C@H](NC(=O)[C@@H](Cc1c[nH]c2ccccc12)n1cnc2ccccc2c1=O)C(=O)OCc1ccccc1. The summed E-state index contributed by atoms with van der Waals surface area (Å²) in [5.74, 6) is -1.15. The van der Waals surface area contributed by atoms with E-state index in [1.807, 2.05) is 80.7 Å². The quantitative estimate of drug-likeness (QED) is 0.246. The molecule has 5 rings (SSSR count). The van der Waals surface area contributed by atoms with E-state index in [0.717, 1.165) is 22.0 Å². The molecule has 3 atom stereocenters. The van der Waals surface area contributed by atoms with Gasteiger partial charge < -0.3 is 15.0 Å². The van der Waals surface area contributed by atoms with Crippen molar-refractivity contribution >= 4 is 33.7 Å². The molecule has 0 unspecified atom stereocenters. The molecule has 5 aromatic rings. The van der Waals surface area contributed by atoms with Crippen molar-refractivity contribution in [1.29, 1.82) is 0 Å². The number of hydrogen-bond acceptors (Lipinski definition) is 5. The van der Waals surface area contributed by atoms with E-state index in [0.29, 0.717) is 17.3 Å². The average Bonchev–Trinajstić information content (AvgIpc) is 3.41. The maximum Gasteiger partial charge on any atom is 0.329 e. The highest BCUT2D eigenvalue weighted by molar-refractivity contribution is 5.89. The van der Waals surface area contributed by atoms with Crippen LogP contribution < -0.4 is 10.9 Å². The molecule has 0 spiro atoms. The fourth-order valence-electron chi connectivity index (χ4n) is 4.87. The molecule has 0 aliphatic rings. The molecule has 0 saturated carbocycles. The van der Waals surface area contributed by atoms with Gasteiger partial charge in [-0.3, -0.25) is 14.2 Å². The molecule has 2 N–H and O–H groups in total. The molecule has 40 heavy (non-hydrogen) atoms. The second-order valence-corrected chi connectivity index (χ2v) is 10.0. The summed E-state index contributed by atoms with van der Waals surface area (Å²) in [5.41, 5.74) is 2.90. The Balaban J connectivity index is 1.47. The van der Waals surface area contributed by atoms with E-state index in [9.17, 15) is 14.4 Å². The van der Waals surface area contributed by atoms with Crippen LogP contribution in [0.5, 0.6) is 0 Å². The van der Waals surface area contributed by atoms with Gasteiger partial charge in [0.2, 0.25) is 5.91 Å². The molecule has 0 bridgehead atoms. The molecule has 3 aromatic carbocycles. The standard InChI is InChI=1S/C32H32N4O4/c1-3-21(2)29(32(39)40-19-22-11-5-4-6-12-22)35-30(37)28(17-23-18-33-26-15-9-7-13-24(23)26)36-20-34-27-16-10-8-14-25(27)31(36)38/h4-16,18,20-21,28-29,33H,3,17,19H2,1-2H3,(H,35,37)/t21-,28+,29-/m0/s1. The van der Waals surface area contributed by atoms with Crippen LogP contribution in [0.1, 0.15) is 37.4 Å². The fourth-order valence-corrected chi connectivity index (χ4v) is 4.87. The number of benzene rings is 3. The third-order valence-electron chi connectivity index (χ3n) is 7.41. The molecular weight excluding hydrogens is 504 g/mol. The first-order valence-electron chi connectivity index (χ1n) is 13.5. The highest BCUT2D eigenvalue weighted by Gasteiger charge is 2.32. The minimum atomic E-state index is -0.947. The second kappa shape index (κ2) is 12.0. The van der Waals surface area contributed by atoms with Crippen LogP contribution in [0.4, 0.5) is 0 Å². The predicted molar refractivity (Wildman–Crippen MR) is 155 cm³/mol. The van der Waals surface area contributed by atoms with Gasteiger partial charge in [0.15, 0.2) is 0 Å². The first-order valence-corrected chi connectivity index (χ1v) is 13.5. The van der Waals surface area contributed by atoms with Crippen molar-refractivity contribution in [3.05, 3.63) is 113 Å². The summed E-state index contributed by atoms with van der Waals surface area (Å²) in [4.78, 5) is 48.5. The van der Waals surface area contributed by atoms with Crippen molar-refractivity contribution in [3.8, 4) is 0 Å². The van der Waals surface area contributed by atoms with Crippen LogP contribution in [-0.2, 0) is 27.4 Å². The van der Waals surface area contributed by atoms with E-state index in [-0.39, 0.29) is 24.5 Å². The summed E-state index contributed by atoms with van der Waals surface area (Å²) in [5, 5.41) is 4.31. The Morgan fingerprint density at radius 3 is 2.45 bits per heavy atom. The molecule has 8 nitrogen and oxygen atoms in total.